The van der Waals surface area contributed by atoms with Gasteiger partial charge in [-0.15, -0.1) is 0 Å². The van der Waals surface area contributed by atoms with Crippen molar-refractivity contribution in [3.8, 4) is 0 Å². The van der Waals surface area contributed by atoms with E-state index in [9.17, 15) is 0 Å². The summed E-state index contributed by atoms with van der Waals surface area (Å²) in [6, 6.07) is 4.91. The predicted molar refractivity (Wildman–Crippen MR) is 87.4 cm³/mol. The highest BCUT2D eigenvalue weighted by Crippen LogP contribution is 2.30. The van der Waals surface area contributed by atoms with E-state index in [0.717, 1.165) is 36.4 Å². The zero-order valence-electron chi connectivity index (χ0n) is 13.4. The number of hydrogen-bond acceptors (Lipinski definition) is 3. The first-order valence-corrected chi connectivity index (χ1v) is 8.11. The fourth-order valence-electron chi connectivity index (χ4n) is 3.30. The van der Waals surface area contributed by atoms with E-state index < -0.39 is 0 Å². The Bertz CT molecular complexity index is 397. The van der Waals surface area contributed by atoms with Gasteiger partial charge in [-0.05, 0) is 57.1 Å². The molecule has 1 fully saturated rings. The van der Waals surface area contributed by atoms with Crippen molar-refractivity contribution >= 4 is 11.5 Å². The van der Waals surface area contributed by atoms with Crippen LogP contribution < -0.4 is 10.2 Å². The molecular formula is C17H29N3. The van der Waals surface area contributed by atoms with Crippen LogP contribution in [0.15, 0.2) is 18.3 Å². The Morgan fingerprint density at radius 3 is 2.50 bits per heavy atom. The van der Waals surface area contributed by atoms with Crippen LogP contribution in [-0.4, -0.2) is 24.1 Å². The van der Waals surface area contributed by atoms with Gasteiger partial charge in [-0.1, -0.05) is 13.8 Å². The summed E-state index contributed by atoms with van der Waals surface area (Å²) >= 11 is 0. The second-order valence-corrected chi connectivity index (χ2v) is 6.22. The van der Waals surface area contributed by atoms with E-state index in [4.69, 9.17) is 0 Å². The van der Waals surface area contributed by atoms with Gasteiger partial charge in [-0.3, -0.25) is 0 Å². The lowest BCUT2D eigenvalue weighted by Crippen LogP contribution is -2.33. The number of rotatable bonds is 5. The second-order valence-electron chi connectivity index (χ2n) is 6.22. The molecule has 1 N–H and O–H groups in total. The molecule has 3 heteroatoms. The minimum atomic E-state index is 0.604. The normalized spacial score (nSPS) is 26.3. The van der Waals surface area contributed by atoms with Crippen LogP contribution in [0, 0.1) is 11.8 Å². The van der Waals surface area contributed by atoms with Crippen LogP contribution in [0.5, 0.6) is 0 Å². The highest BCUT2D eigenvalue weighted by molar-refractivity contribution is 5.49. The molecule has 1 saturated carbocycles. The number of aromatic nitrogens is 1. The van der Waals surface area contributed by atoms with Crippen molar-refractivity contribution in [2.45, 2.75) is 53.0 Å². The second kappa shape index (κ2) is 6.96. The van der Waals surface area contributed by atoms with Gasteiger partial charge in [-0.25, -0.2) is 4.98 Å². The SMILES string of the molecule is CCN(CC)c1ccc(NC2CCC(C)CC2C)cn1. The molecule has 20 heavy (non-hydrogen) atoms. The van der Waals surface area contributed by atoms with Crippen LogP contribution in [0.4, 0.5) is 11.5 Å². The summed E-state index contributed by atoms with van der Waals surface area (Å²) < 4.78 is 0. The molecular weight excluding hydrogens is 246 g/mol. The summed E-state index contributed by atoms with van der Waals surface area (Å²) in [6.07, 6.45) is 5.94. The van der Waals surface area contributed by atoms with Crippen molar-refractivity contribution in [2.75, 3.05) is 23.3 Å². The van der Waals surface area contributed by atoms with Gasteiger partial charge in [-0.2, -0.15) is 0 Å². The maximum Gasteiger partial charge on any atom is 0.128 e. The van der Waals surface area contributed by atoms with Gasteiger partial charge >= 0.3 is 0 Å². The topological polar surface area (TPSA) is 28.2 Å². The third kappa shape index (κ3) is 3.65. The highest BCUT2D eigenvalue weighted by Gasteiger charge is 2.25. The number of nitrogens with zero attached hydrogens (tertiary/aromatic N) is 2. The van der Waals surface area contributed by atoms with Gasteiger partial charge in [0.25, 0.3) is 0 Å². The van der Waals surface area contributed by atoms with Crippen LogP contribution in [0.2, 0.25) is 0 Å². The van der Waals surface area contributed by atoms with E-state index >= 15 is 0 Å². The van der Waals surface area contributed by atoms with Gasteiger partial charge < -0.3 is 10.2 Å². The van der Waals surface area contributed by atoms with E-state index in [1.807, 2.05) is 6.20 Å². The van der Waals surface area contributed by atoms with E-state index in [2.05, 4.69) is 55.0 Å². The molecule has 1 aliphatic rings. The average Bonchev–Trinajstić information content (AvgIpc) is 2.45. The number of nitrogens with one attached hydrogen (secondary N) is 1. The quantitative estimate of drug-likeness (QED) is 0.874. The first kappa shape index (κ1) is 15.1. The zero-order valence-corrected chi connectivity index (χ0v) is 13.4. The lowest BCUT2D eigenvalue weighted by Gasteiger charge is -2.33. The molecule has 1 aromatic heterocycles. The Kier molecular flexibility index (Phi) is 5.27. The molecule has 1 aromatic rings. The molecule has 0 aromatic carbocycles. The van der Waals surface area contributed by atoms with Crippen molar-refractivity contribution in [1.29, 1.82) is 0 Å². The lowest BCUT2D eigenvalue weighted by atomic mass is 9.80. The largest absolute Gasteiger partial charge is 0.381 e. The Morgan fingerprint density at radius 2 is 1.95 bits per heavy atom. The summed E-state index contributed by atoms with van der Waals surface area (Å²) in [7, 11) is 0. The van der Waals surface area contributed by atoms with Crippen molar-refractivity contribution < 1.29 is 0 Å². The van der Waals surface area contributed by atoms with Crippen LogP contribution >= 0.6 is 0 Å². The van der Waals surface area contributed by atoms with Gasteiger partial charge in [0, 0.05) is 19.1 Å². The summed E-state index contributed by atoms with van der Waals surface area (Å²) in [6.45, 7) is 11.1. The summed E-state index contributed by atoms with van der Waals surface area (Å²) in [5, 5.41) is 3.67. The van der Waals surface area contributed by atoms with Crippen LogP contribution in [0.25, 0.3) is 0 Å². The molecule has 2 rings (SSSR count). The van der Waals surface area contributed by atoms with E-state index in [1.54, 1.807) is 0 Å². The molecule has 0 amide bonds. The third-order valence-corrected chi connectivity index (χ3v) is 4.62. The van der Waals surface area contributed by atoms with Crippen molar-refractivity contribution in [3.63, 3.8) is 0 Å². The highest BCUT2D eigenvalue weighted by atomic mass is 15.2. The third-order valence-electron chi connectivity index (χ3n) is 4.62. The van der Waals surface area contributed by atoms with E-state index in [-0.39, 0.29) is 0 Å². The molecule has 3 unspecified atom stereocenters. The Balaban J connectivity index is 1.97. The van der Waals surface area contributed by atoms with Gasteiger partial charge in [0.2, 0.25) is 0 Å². The average molecular weight is 275 g/mol. The van der Waals surface area contributed by atoms with Gasteiger partial charge in [0.1, 0.15) is 5.82 Å². The van der Waals surface area contributed by atoms with Crippen LogP contribution in [0.3, 0.4) is 0 Å². The molecule has 3 nitrogen and oxygen atoms in total. The van der Waals surface area contributed by atoms with E-state index in [1.165, 1.54) is 19.3 Å². The summed E-state index contributed by atoms with van der Waals surface area (Å²) in [5.41, 5.74) is 1.16. The van der Waals surface area contributed by atoms with Crippen molar-refractivity contribution in [1.82, 2.24) is 4.98 Å². The fourth-order valence-corrected chi connectivity index (χ4v) is 3.30. The monoisotopic (exact) mass is 275 g/mol. The molecule has 0 aliphatic heterocycles. The lowest BCUT2D eigenvalue weighted by molar-refractivity contribution is 0.276. The minimum absolute atomic E-state index is 0.604. The molecule has 1 heterocycles. The van der Waals surface area contributed by atoms with E-state index in [0.29, 0.717) is 6.04 Å². The standard InChI is InChI=1S/C17H29N3/c1-5-20(6-2)17-10-8-15(12-18-17)19-16-9-7-13(3)11-14(16)4/h8,10,12-14,16,19H,5-7,9,11H2,1-4H3. The predicted octanol–water partition coefficient (Wildman–Crippen LogP) is 4.16. The Morgan fingerprint density at radius 1 is 1.20 bits per heavy atom. The molecule has 3 atom stereocenters. The molecule has 0 saturated heterocycles. The smallest absolute Gasteiger partial charge is 0.128 e. The molecule has 0 radical (unpaired) electrons. The first-order chi connectivity index (χ1) is 9.63. The number of anilines is 2. The molecule has 0 bridgehead atoms. The van der Waals surface area contributed by atoms with Crippen molar-refractivity contribution in [2.24, 2.45) is 11.8 Å². The van der Waals surface area contributed by atoms with Crippen LogP contribution in [0.1, 0.15) is 47.0 Å². The molecule has 0 spiro atoms. The number of hydrogen-bond donors (Lipinski definition) is 1. The van der Waals surface area contributed by atoms with Crippen molar-refractivity contribution in [3.05, 3.63) is 18.3 Å². The Hall–Kier alpha value is -1.25. The van der Waals surface area contributed by atoms with Gasteiger partial charge in [0.15, 0.2) is 0 Å². The fraction of sp³-hybridized carbons (Fsp3) is 0.706. The molecule has 112 valence electrons. The maximum absolute atomic E-state index is 4.59. The molecule has 1 aliphatic carbocycles. The minimum Gasteiger partial charge on any atom is -0.381 e. The first-order valence-electron chi connectivity index (χ1n) is 8.11. The summed E-state index contributed by atoms with van der Waals surface area (Å²) in [5.74, 6) is 2.71. The summed E-state index contributed by atoms with van der Waals surface area (Å²) in [4.78, 5) is 6.86. The van der Waals surface area contributed by atoms with Gasteiger partial charge in [0.05, 0.1) is 11.9 Å². The maximum atomic E-state index is 4.59. The number of pyridine rings is 1. The van der Waals surface area contributed by atoms with Crippen LogP contribution in [-0.2, 0) is 0 Å². The zero-order chi connectivity index (χ0) is 14.5. The Labute approximate surface area is 123 Å².